The van der Waals surface area contributed by atoms with Crippen molar-refractivity contribution in [1.82, 2.24) is 0 Å². The van der Waals surface area contributed by atoms with E-state index in [2.05, 4.69) is 231 Å². The molecule has 0 saturated heterocycles. The van der Waals surface area contributed by atoms with Gasteiger partial charge in [-0.05, 0) is 136 Å². The van der Waals surface area contributed by atoms with Gasteiger partial charge in [0.05, 0.1) is 10.8 Å². The Morgan fingerprint density at radius 3 is 1.34 bits per heavy atom. The first-order valence-corrected chi connectivity index (χ1v) is 22.7. The minimum atomic E-state index is -0.579. The fraction of sp³-hybridized carbons (Fsp3) is 0.0312. The molecule has 0 saturated carbocycles. The van der Waals surface area contributed by atoms with E-state index in [0.29, 0.717) is 0 Å². The van der Waals surface area contributed by atoms with Gasteiger partial charge in [-0.3, -0.25) is 0 Å². The van der Waals surface area contributed by atoms with Crippen LogP contribution >= 0.6 is 0 Å². The first kappa shape index (κ1) is 35.2. The second-order valence-corrected chi connectivity index (χ2v) is 18.2. The summed E-state index contributed by atoms with van der Waals surface area (Å²) < 4.78 is 7.13. The summed E-state index contributed by atoms with van der Waals surface area (Å²) in [5.74, 6) is 1.83. The van der Waals surface area contributed by atoms with E-state index in [1.807, 2.05) is 0 Å². The second kappa shape index (κ2) is 12.7. The molecule has 0 fully saturated rings. The molecule has 0 N–H and O–H groups in total. The largest absolute Gasteiger partial charge is 0.456 e. The molecule has 1 nitrogen and oxygen atoms in total. The molecule has 1 aliphatic heterocycles. The molecule has 1 heterocycles. The topological polar surface area (TPSA) is 9.23 Å². The Balaban J connectivity index is 1.01. The van der Waals surface area contributed by atoms with Crippen LogP contribution in [0.2, 0.25) is 0 Å². The molecule has 1 atom stereocenters. The summed E-state index contributed by atoms with van der Waals surface area (Å²) in [5, 5.41) is 4.82. The molecule has 0 radical (unpaired) electrons. The van der Waals surface area contributed by atoms with Gasteiger partial charge in [0.2, 0.25) is 0 Å². The average molecular weight is 823 g/mol. The summed E-state index contributed by atoms with van der Waals surface area (Å²) in [6.45, 7) is 0. The zero-order chi connectivity index (χ0) is 42.4. The maximum absolute atomic E-state index is 7.13. The number of fused-ring (bicyclic) bond motifs is 22. The highest BCUT2D eigenvalue weighted by molar-refractivity contribution is 6.07. The molecule has 4 aliphatic rings. The molecular formula is C64H38O. The van der Waals surface area contributed by atoms with Gasteiger partial charge in [-0.2, -0.15) is 0 Å². The number of hydrogen-bond donors (Lipinski definition) is 0. The minimum absolute atomic E-state index is 0.467. The Kier molecular flexibility index (Phi) is 6.88. The summed E-state index contributed by atoms with van der Waals surface area (Å²) in [5.41, 5.74) is 21.9. The van der Waals surface area contributed by atoms with Crippen molar-refractivity contribution in [2.24, 2.45) is 0 Å². The quantitative estimate of drug-likeness (QED) is 0.169. The summed E-state index contributed by atoms with van der Waals surface area (Å²) in [6, 6.07) is 86.3. The molecule has 0 amide bonds. The molecule has 65 heavy (non-hydrogen) atoms. The maximum atomic E-state index is 7.13. The van der Waals surface area contributed by atoms with Crippen molar-refractivity contribution < 1.29 is 4.74 Å². The van der Waals surface area contributed by atoms with Crippen molar-refractivity contribution in [1.29, 1.82) is 0 Å². The standard InChI is InChI=1S/C64H38O/c1-2-18-40-36-59-52(35-39(40)17-1)48-25-10-14-30-56(48)64(59)55-29-13-9-24-47(55)49-34-33-41(37-58(49)64)42-19-3-4-20-43(42)51-38-60-62(50-26-6-5-21-44(50)51)65-61-32-16-15-31-57(61)63(60)53-27-11-7-22-45(53)46-23-8-12-28-54(46)63/h1-38H. The van der Waals surface area contributed by atoms with E-state index in [0.717, 1.165) is 16.9 Å². The van der Waals surface area contributed by atoms with Crippen LogP contribution in [0, 0.1) is 0 Å². The summed E-state index contributed by atoms with van der Waals surface area (Å²) >= 11 is 0. The predicted octanol–water partition coefficient (Wildman–Crippen LogP) is 16.1. The minimum Gasteiger partial charge on any atom is -0.456 e. The SMILES string of the molecule is c1ccc2c(c1)Oc1c(cc(-c3ccccc3-c3ccc4c(c3)C3(c5ccccc5-4)c4ccccc4-c4cc5ccccc5cc43)c3ccccc13)C21c2ccccc2-c2ccccc21. The van der Waals surface area contributed by atoms with Crippen LogP contribution in [-0.2, 0) is 10.8 Å². The zero-order valence-corrected chi connectivity index (χ0v) is 35.3. The van der Waals surface area contributed by atoms with Crippen molar-refractivity contribution in [3.05, 3.63) is 275 Å². The molecule has 0 aromatic heterocycles. The van der Waals surface area contributed by atoms with E-state index < -0.39 is 10.8 Å². The van der Waals surface area contributed by atoms with Crippen LogP contribution in [0.1, 0.15) is 44.5 Å². The molecule has 0 bridgehead atoms. The smallest absolute Gasteiger partial charge is 0.140 e. The normalized spacial score (nSPS) is 16.0. The highest BCUT2D eigenvalue weighted by Crippen LogP contribution is 2.66. The van der Waals surface area contributed by atoms with Crippen LogP contribution < -0.4 is 4.74 Å². The van der Waals surface area contributed by atoms with Crippen molar-refractivity contribution in [2.45, 2.75) is 10.8 Å². The average Bonchev–Trinajstić information content (AvgIpc) is 3.95. The van der Waals surface area contributed by atoms with Gasteiger partial charge in [-0.25, -0.2) is 0 Å². The zero-order valence-electron chi connectivity index (χ0n) is 35.3. The van der Waals surface area contributed by atoms with Crippen molar-refractivity contribution in [3.8, 4) is 67.1 Å². The Morgan fingerprint density at radius 2 is 0.692 bits per heavy atom. The van der Waals surface area contributed by atoms with Crippen LogP contribution in [-0.4, -0.2) is 0 Å². The lowest BCUT2D eigenvalue weighted by Gasteiger charge is -2.40. The predicted molar refractivity (Wildman–Crippen MR) is 266 cm³/mol. The molecular weight excluding hydrogens is 785 g/mol. The molecule has 2 spiro atoms. The van der Waals surface area contributed by atoms with E-state index in [1.54, 1.807) is 0 Å². The number of benzene rings is 11. The molecule has 11 aromatic rings. The molecule has 15 rings (SSSR count). The third-order valence-corrected chi connectivity index (χ3v) is 15.3. The maximum Gasteiger partial charge on any atom is 0.140 e. The summed E-state index contributed by atoms with van der Waals surface area (Å²) in [7, 11) is 0. The van der Waals surface area contributed by atoms with E-state index in [9.17, 15) is 0 Å². The van der Waals surface area contributed by atoms with Gasteiger partial charge in [0.25, 0.3) is 0 Å². The lowest BCUT2D eigenvalue weighted by Crippen LogP contribution is -2.32. The van der Waals surface area contributed by atoms with E-state index in [4.69, 9.17) is 4.74 Å². The van der Waals surface area contributed by atoms with E-state index in [-0.39, 0.29) is 0 Å². The first-order chi connectivity index (χ1) is 32.2. The van der Waals surface area contributed by atoms with Crippen LogP contribution in [0.25, 0.3) is 77.2 Å². The molecule has 1 unspecified atom stereocenters. The number of para-hydroxylation sites is 1. The first-order valence-electron chi connectivity index (χ1n) is 22.7. The lowest BCUT2D eigenvalue weighted by atomic mass is 9.65. The highest BCUT2D eigenvalue weighted by atomic mass is 16.5. The fourth-order valence-electron chi connectivity index (χ4n) is 12.9. The van der Waals surface area contributed by atoms with Gasteiger partial charge in [-0.15, -0.1) is 0 Å². The Morgan fingerprint density at radius 1 is 0.246 bits per heavy atom. The van der Waals surface area contributed by atoms with Gasteiger partial charge < -0.3 is 4.74 Å². The van der Waals surface area contributed by atoms with Crippen LogP contribution in [0.3, 0.4) is 0 Å². The second-order valence-electron chi connectivity index (χ2n) is 18.2. The lowest BCUT2D eigenvalue weighted by molar-refractivity contribution is 0.442. The van der Waals surface area contributed by atoms with Crippen LogP contribution in [0.5, 0.6) is 11.5 Å². The van der Waals surface area contributed by atoms with Gasteiger partial charge >= 0.3 is 0 Å². The van der Waals surface area contributed by atoms with Crippen molar-refractivity contribution in [2.75, 3.05) is 0 Å². The van der Waals surface area contributed by atoms with Gasteiger partial charge in [-0.1, -0.05) is 200 Å². The summed E-state index contributed by atoms with van der Waals surface area (Å²) in [6.07, 6.45) is 0. The Labute approximate surface area is 377 Å². The van der Waals surface area contributed by atoms with Gasteiger partial charge in [0.15, 0.2) is 0 Å². The Bertz CT molecular complexity index is 3840. The molecule has 3 aliphatic carbocycles. The highest BCUT2D eigenvalue weighted by Gasteiger charge is 2.53. The van der Waals surface area contributed by atoms with Crippen LogP contribution in [0.15, 0.2) is 231 Å². The van der Waals surface area contributed by atoms with Crippen molar-refractivity contribution in [3.63, 3.8) is 0 Å². The molecule has 11 aromatic carbocycles. The summed E-state index contributed by atoms with van der Waals surface area (Å²) in [4.78, 5) is 0. The molecule has 1 heteroatoms. The third kappa shape index (κ3) is 4.33. The van der Waals surface area contributed by atoms with E-state index in [1.165, 1.54) is 116 Å². The molecule has 300 valence electrons. The third-order valence-electron chi connectivity index (χ3n) is 15.3. The van der Waals surface area contributed by atoms with Gasteiger partial charge in [0, 0.05) is 16.5 Å². The van der Waals surface area contributed by atoms with E-state index >= 15 is 0 Å². The van der Waals surface area contributed by atoms with Crippen LogP contribution in [0.4, 0.5) is 0 Å². The number of ether oxygens (including phenoxy) is 1. The number of rotatable bonds is 2. The number of hydrogen-bond acceptors (Lipinski definition) is 1. The Hall–Kier alpha value is -8.26. The monoisotopic (exact) mass is 822 g/mol. The van der Waals surface area contributed by atoms with Crippen molar-refractivity contribution >= 4 is 21.5 Å². The fourth-order valence-corrected chi connectivity index (χ4v) is 12.9. The van der Waals surface area contributed by atoms with Gasteiger partial charge in [0.1, 0.15) is 11.5 Å².